The first-order valence-electron chi connectivity index (χ1n) is 5.07. The van der Waals surface area contributed by atoms with Crippen LogP contribution < -0.4 is 0 Å². The smallest absolute Gasteiger partial charge is 0.274 e. The third-order valence-electron chi connectivity index (χ3n) is 2.37. The maximum Gasteiger partial charge on any atom is 0.274 e. The van der Waals surface area contributed by atoms with Gasteiger partial charge in [0.1, 0.15) is 5.69 Å². The number of nitrogens with one attached hydrogen (secondary N) is 1. The third kappa shape index (κ3) is 1.83. The van der Waals surface area contributed by atoms with Crippen LogP contribution in [0.15, 0.2) is 47.1 Å². The van der Waals surface area contributed by atoms with E-state index in [0.29, 0.717) is 16.7 Å². The fourth-order valence-corrected chi connectivity index (χ4v) is 1.77. The Balaban J connectivity index is 2.04. The average molecular weight is 246 g/mol. The van der Waals surface area contributed by atoms with Gasteiger partial charge >= 0.3 is 0 Å². The minimum atomic E-state index is 0.449. The molecule has 0 radical (unpaired) electrons. The Bertz CT molecular complexity index is 631. The quantitative estimate of drug-likeness (QED) is 0.753. The molecule has 2 aromatic heterocycles. The second-order valence-corrected chi connectivity index (χ2v) is 3.89. The lowest BCUT2D eigenvalue weighted by Crippen LogP contribution is -1.82. The molecule has 0 saturated carbocycles. The Labute approximate surface area is 102 Å². The van der Waals surface area contributed by atoms with E-state index in [-0.39, 0.29) is 0 Å². The fraction of sp³-hybridized carbons (Fsp3) is 0. The lowest BCUT2D eigenvalue weighted by Gasteiger charge is -1.95. The van der Waals surface area contributed by atoms with Gasteiger partial charge in [0.05, 0.1) is 5.02 Å². The Morgan fingerprint density at radius 2 is 2.00 bits per heavy atom. The first-order valence-corrected chi connectivity index (χ1v) is 5.45. The van der Waals surface area contributed by atoms with Crippen LogP contribution >= 0.6 is 11.6 Å². The van der Waals surface area contributed by atoms with Crippen LogP contribution in [-0.4, -0.2) is 15.1 Å². The fourth-order valence-electron chi connectivity index (χ4n) is 1.55. The van der Waals surface area contributed by atoms with Crippen LogP contribution in [0.1, 0.15) is 0 Å². The largest absolute Gasteiger partial charge is 0.357 e. The van der Waals surface area contributed by atoms with Crippen LogP contribution in [0.2, 0.25) is 5.02 Å². The normalized spacial score (nSPS) is 10.6. The molecule has 0 unspecified atom stereocenters. The van der Waals surface area contributed by atoms with Gasteiger partial charge in [-0.05, 0) is 24.3 Å². The van der Waals surface area contributed by atoms with Gasteiger partial charge in [-0.25, -0.2) is 0 Å². The summed E-state index contributed by atoms with van der Waals surface area (Å²) in [7, 11) is 0. The second-order valence-electron chi connectivity index (χ2n) is 3.49. The Hall–Kier alpha value is -2.07. The molecule has 0 atom stereocenters. The van der Waals surface area contributed by atoms with E-state index in [1.807, 2.05) is 30.3 Å². The van der Waals surface area contributed by atoms with Gasteiger partial charge in [-0.2, -0.15) is 4.98 Å². The van der Waals surface area contributed by atoms with Gasteiger partial charge in [-0.3, -0.25) is 0 Å². The molecule has 0 bridgehead atoms. The second kappa shape index (κ2) is 4.07. The molecule has 0 aliphatic rings. The van der Waals surface area contributed by atoms with Crippen molar-refractivity contribution in [3.05, 3.63) is 47.6 Å². The zero-order valence-corrected chi connectivity index (χ0v) is 9.48. The van der Waals surface area contributed by atoms with E-state index in [0.717, 1.165) is 11.3 Å². The summed E-state index contributed by atoms with van der Waals surface area (Å²) in [5.41, 5.74) is 1.55. The summed E-state index contributed by atoms with van der Waals surface area (Å²) in [6.45, 7) is 0. The minimum absolute atomic E-state index is 0.449. The van der Waals surface area contributed by atoms with Gasteiger partial charge in [0, 0.05) is 11.8 Å². The highest BCUT2D eigenvalue weighted by molar-refractivity contribution is 6.33. The van der Waals surface area contributed by atoms with Gasteiger partial charge in [-0.15, -0.1) is 0 Å². The summed E-state index contributed by atoms with van der Waals surface area (Å²) in [5, 5.41) is 4.52. The Morgan fingerprint density at radius 3 is 2.76 bits per heavy atom. The number of halogens is 1. The van der Waals surface area contributed by atoms with E-state index < -0.39 is 0 Å². The predicted octanol–water partition coefficient (Wildman–Crippen LogP) is 3.39. The van der Waals surface area contributed by atoms with Crippen molar-refractivity contribution in [2.45, 2.75) is 0 Å². The topological polar surface area (TPSA) is 54.7 Å². The molecule has 4 nitrogen and oxygen atoms in total. The number of nitrogens with zero attached hydrogens (tertiary/aromatic N) is 2. The molecule has 0 amide bonds. The number of rotatable bonds is 2. The molecule has 1 aromatic carbocycles. The maximum atomic E-state index is 6.06. The van der Waals surface area contributed by atoms with Crippen molar-refractivity contribution in [2.24, 2.45) is 0 Å². The van der Waals surface area contributed by atoms with Crippen LogP contribution in [0, 0.1) is 0 Å². The molecule has 84 valence electrons. The highest BCUT2D eigenvalue weighted by atomic mass is 35.5. The predicted molar refractivity (Wildman–Crippen MR) is 64.5 cm³/mol. The van der Waals surface area contributed by atoms with Gasteiger partial charge in [0.15, 0.2) is 0 Å². The zero-order valence-electron chi connectivity index (χ0n) is 8.72. The summed E-state index contributed by atoms with van der Waals surface area (Å²) in [6, 6.07) is 11.1. The van der Waals surface area contributed by atoms with E-state index in [4.69, 9.17) is 16.1 Å². The molecule has 0 fully saturated rings. The molecular formula is C12H8ClN3O. The average Bonchev–Trinajstić information content (AvgIpc) is 3.00. The molecule has 0 aliphatic carbocycles. The molecule has 2 heterocycles. The SMILES string of the molecule is Clc1ccccc1-c1noc(-c2ccc[nH]2)n1. The molecule has 0 saturated heterocycles. The van der Waals surface area contributed by atoms with Crippen LogP contribution in [0.4, 0.5) is 0 Å². The van der Waals surface area contributed by atoms with Crippen LogP contribution in [0.25, 0.3) is 23.0 Å². The monoisotopic (exact) mass is 245 g/mol. The van der Waals surface area contributed by atoms with Crippen molar-refractivity contribution in [3.63, 3.8) is 0 Å². The maximum absolute atomic E-state index is 6.06. The van der Waals surface area contributed by atoms with Crippen molar-refractivity contribution < 1.29 is 4.52 Å². The number of hydrogen-bond donors (Lipinski definition) is 1. The van der Waals surface area contributed by atoms with E-state index in [1.165, 1.54) is 0 Å². The molecule has 3 aromatic rings. The van der Waals surface area contributed by atoms with Crippen molar-refractivity contribution in [1.29, 1.82) is 0 Å². The highest BCUT2D eigenvalue weighted by Crippen LogP contribution is 2.26. The van der Waals surface area contributed by atoms with E-state index in [1.54, 1.807) is 12.3 Å². The van der Waals surface area contributed by atoms with Crippen molar-refractivity contribution in [1.82, 2.24) is 15.1 Å². The number of hydrogen-bond acceptors (Lipinski definition) is 3. The van der Waals surface area contributed by atoms with E-state index in [9.17, 15) is 0 Å². The van der Waals surface area contributed by atoms with Crippen LogP contribution in [0.5, 0.6) is 0 Å². The standard InChI is InChI=1S/C12H8ClN3O/c13-9-5-2-1-4-8(9)11-15-12(17-16-11)10-6-3-7-14-10/h1-7,14H. The number of aromatic nitrogens is 3. The summed E-state index contributed by atoms with van der Waals surface area (Å²) < 4.78 is 5.17. The Morgan fingerprint density at radius 1 is 1.12 bits per heavy atom. The first-order chi connectivity index (χ1) is 8.34. The molecule has 17 heavy (non-hydrogen) atoms. The lowest BCUT2D eigenvalue weighted by molar-refractivity contribution is 0.431. The van der Waals surface area contributed by atoms with Crippen molar-refractivity contribution >= 4 is 11.6 Å². The van der Waals surface area contributed by atoms with Gasteiger partial charge in [0.25, 0.3) is 5.89 Å². The number of H-pyrrole nitrogens is 1. The van der Waals surface area contributed by atoms with E-state index in [2.05, 4.69) is 15.1 Å². The molecule has 5 heteroatoms. The van der Waals surface area contributed by atoms with Crippen LogP contribution in [-0.2, 0) is 0 Å². The molecular weight excluding hydrogens is 238 g/mol. The minimum Gasteiger partial charge on any atom is -0.357 e. The molecule has 0 spiro atoms. The number of benzene rings is 1. The summed E-state index contributed by atoms with van der Waals surface area (Å²) in [5.74, 6) is 0.935. The van der Waals surface area contributed by atoms with E-state index >= 15 is 0 Å². The third-order valence-corrected chi connectivity index (χ3v) is 2.70. The zero-order chi connectivity index (χ0) is 11.7. The van der Waals surface area contributed by atoms with Gasteiger partial charge in [-0.1, -0.05) is 28.9 Å². The van der Waals surface area contributed by atoms with Gasteiger partial charge in [0.2, 0.25) is 5.82 Å². The lowest BCUT2D eigenvalue weighted by atomic mass is 10.2. The van der Waals surface area contributed by atoms with Crippen molar-refractivity contribution in [2.75, 3.05) is 0 Å². The summed E-state index contributed by atoms with van der Waals surface area (Å²) in [6.07, 6.45) is 1.80. The molecule has 3 rings (SSSR count). The summed E-state index contributed by atoms with van der Waals surface area (Å²) >= 11 is 6.06. The molecule has 0 aliphatic heterocycles. The summed E-state index contributed by atoms with van der Waals surface area (Å²) in [4.78, 5) is 7.29. The first kappa shape index (κ1) is 10.1. The van der Waals surface area contributed by atoms with Crippen LogP contribution in [0.3, 0.4) is 0 Å². The Kier molecular flexibility index (Phi) is 2.42. The molecule has 1 N–H and O–H groups in total. The number of aromatic amines is 1. The van der Waals surface area contributed by atoms with Gasteiger partial charge < -0.3 is 9.51 Å². The highest BCUT2D eigenvalue weighted by Gasteiger charge is 2.12. The van der Waals surface area contributed by atoms with Crippen molar-refractivity contribution in [3.8, 4) is 23.0 Å².